The van der Waals surface area contributed by atoms with Gasteiger partial charge in [0.1, 0.15) is 0 Å². The molecule has 1 unspecified atom stereocenters. The van der Waals surface area contributed by atoms with E-state index in [9.17, 15) is 9.59 Å². The van der Waals surface area contributed by atoms with Crippen LogP contribution in [0.5, 0.6) is 0 Å². The normalized spacial score (nSPS) is 13.2. The van der Waals surface area contributed by atoms with Crippen molar-refractivity contribution in [1.29, 1.82) is 0 Å². The molecule has 0 aliphatic carbocycles. The van der Waals surface area contributed by atoms with Crippen molar-refractivity contribution in [3.63, 3.8) is 0 Å². The molecule has 2 amide bonds. The number of nitrogens with one attached hydrogen (secondary N) is 1. The van der Waals surface area contributed by atoms with Crippen molar-refractivity contribution in [3.8, 4) is 0 Å². The Balaban J connectivity index is 3.96. The van der Waals surface area contributed by atoms with E-state index in [1.807, 2.05) is 20.8 Å². The van der Waals surface area contributed by atoms with E-state index in [2.05, 4.69) is 10.1 Å². The number of amides is 2. The van der Waals surface area contributed by atoms with Crippen molar-refractivity contribution in [1.82, 2.24) is 5.32 Å². The summed E-state index contributed by atoms with van der Waals surface area (Å²) >= 11 is 0. The summed E-state index contributed by atoms with van der Waals surface area (Å²) in [6, 6.07) is 0. The highest BCUT2D eigenvalue weighted by molar-refractivity contribution is 5.81. The molecule has 0 saturated heterocycles. The van der Waals surface area contributed by atoms with Crippen LogP contribution in [0.3, 0.4) is 0 Å². The number of hydrogen-bond acceptors (Lipinski definition) is 3. The Hall–Kier alpha value is -1.26. The van der Waals surface area contributed by atoms with Crippen molar-refractivity contribution < 1.29 is 14.3 Å². The number of hydrogen-bond donors (Lipinski definition) is 2. The quantitative estimate of drug-likeness (QED) is 0.657. The van der Waals surface area contributed by atoms with Gasteiger partial charge in [-0.25, -0.2) is 4.79 Å². The molecule has 0 radical (unpaired) electrons. The van der Waals surface area contributed by atoms with Gasteiger partial charge in [0.2, 0.25) is 0 Å². The van der Waals surface area contributed by atoms with Crippen LogP contribution in [-0.4, -0.2) is 23.6 Å². The van der Waals surface area contributed by atoms with Gasteiger partial charge >= 0.3 is 6.09 Å². The summed E-state index contributed by atoms with van der Waals surface area (Å²) in [5.41, 5.74) is 4.52. The van der Waals surface area contributed by atoms with Gasteiger partial charge in [-0.3, -0.25) is 4.79 Å². The Morgan fingerprint density at radius 2 is 1.85 bits per heavy atom. The summed E-state index contributed by atoms with van der Waals surface area (Å²) in [5.74, 6) is -0.663. The summed E-state index contributed by atoms with van der Waals surface area (Å²) in [6.45, 7) is 6.85. The van der Waals surface area contributed by atoms with E-state index in [0.717, 1.165) is 0 Å². The molecule has 5 nitrogen and oxygen atoms in total. The summed E-state index contributed by atoms with van der Waals surface area (Å²) in [7, 11) is 0. The van der Waals surface area contributed by atoms with Gasteiger partial charge in [-0.05, 0) is 27.7 Å². The molecule has 13 heavy (non-hydrogen) atoms. The lowest BCUT2D eigenvalue weighted by atomic mass is 10.1. The van der Waals surface area contributed by atoms with Crippen molar-refractivity contribution >= 4 is 12.0 Å². The monoisotopic (exact) mass is 188 g/mol. The molecule has 1 atom stereocenters. The van der Waals surface area contributed by atoms with Crippen molar-refractivity contribution in [3.05, 3.63) is 0 Å². The van der Waals surface area contributed by atoms with Gasteiger partial charge in [-0.1, -0.05) is 0 Å². The van der Waals surface area contributed by atoms with Crippen molar-refractivity contribution in [2.45, 2.75) is 39.3 Å². The second kappa shape index (κ2) is 4.11. The van der Waals surface area contributed by atoms with Gasteiger partial charge in [0, 0.05) is 5.54 Å². The fourth-order valence-electron chi connectivity index (χ4n) is 0.554. The largest absolute Gasteiger partial charge is 0.436 e. The first-order valence-corrected chi connectivity index (χ1v) is 4.00. The standard InChI is InChI=1S/C8H16N2O3/c1-5(6(9)11)13-7(12)10-8(2,3)4/h5H,1-4H3,(H2,9,11)(H,10,12). The minimum absolute atomic E-state index is 0.381. The molecular formula is C8H16N2O3. The maximum Gasteiger partial charge on any atom is 0.408 e. The Labute approximate surface area is 77.6 Å². The molecule has 3 N–H and O–H groups in total. The SMILES string of the molecule is CC(OC(=O)NC(C)(C)C)C(N)=O. The fraction of sp³-hybridized carbons (Fsp3) is 0.750. The lowest BCUT2D eigenvalue weighted by Gasteiger charge is -2.21. The van der Waals surface area contributed by atoms with Crippen LogP contribution in [0.25, 0.3) is 0 Å². The predicted octanol–water partition coefficient (Wildman–Crippen LogP) is 0.385. The highest BCUT2D eigenvalue weighted by atomic mass is 16.6. The minimum atomic E-state index is -0.901. The van der Waals surface area contributed by atoms with Gasteiger partial charge in [0.25, 0.3) is 5.91 Å². The lowest BCUT2D eigenvalue weighted by Crippen LogP contribution is -2.43. The van der Waals surface area contributed by atoms with Gasteiger partial charge < -0.3 is 15.8 Å². The van der Waals surface area contributed by atoms with Crippen LogP contribution < -0.4 is 11.1 Å². The smallest absolute Gasteiger partial charge is 0.408 e. The second-order valence-electron chi connectivity index (χ2n) is 3.82. The fourth-order valence-corrected chi connectivity index (χ4v) is 0.554. The van der Waals surface area contributed by atoms with Crippen molar-refractivity contribution in [2.24, 2.45) is 5.73 Å². The zero-order valence-corrected chi connectivity index (χ0v) is 8.38. The Morgan fingerprint density at radius 1 is 1.38 bits per heavy atom. The molecule has 0 spiro atoms. The number of primary amides is 1. The van der Waals surface area contributed by atoms with E-state index in [1.165, 1.54) is 6.92 Å². The third kappa shape index (κ3) is 5.95. The summed E-state index contributed by atoms with van der Waals surface area (Å²) in [6.07, 6.45) is -1.54. The van der Waals surface area contributed by atoms with Gasteiger partial charge in [-0.15, -0.1) is 0 Å². The average Bonchev–Trinajstić information content (AvgIpc) is 1.81. The number of rotatable bonds is 2. The zero-order chi connectivity index (χ0) is 10.6. The van der Waals surface area contributed by atoms with E-state index < -0.39 is 18.1 Å². The van der Waals surface area contributed by atoms with Crippen LogP contribution in [0.15, 0.2) is 0 Å². The summed E-state index contributed by atoms with van der Waals surface area (Å²) in [4.78, 5) is 21.6. The van der Waals surface area contributed by atoms with E-state index in [0.29, 0.717) is 0 Å². The molecule has 0 aromatic carbocycles. The number of carbonyl (C=O) groups is 2. The highest BCUT2D eigenvalue weighted by Crippen LogP contribution is 2.00. The van der Waals surface area contributed by atoms with E-state index in [-0.39, 0.29) is 5.54 Å². The average molecular weight is 188 g/mol. The van der Waals surface area contributed by atoms with E-state index >= 15 is 0 Å². The first kappa shape index (κ1) is 11.7. The van der Waals surface area contributed by atoms with Crippen LogP contribution in [-0.2, 0) is 9.53 Å². The molecule has 0 aliphatic rings. The number of nitrogens with two attached hydrogens (primary N) is 1. The maximum absolute atomic E-state index is 11.0. The van der Waals surface area contributed by atoms with E-state index in [4.69, 9.17) is 5.73 Å². The molecule has 0 saturated carbocycles. The van der Waals surface area contributed by atoms with Crippen LogP contribution in [0, 0.1) is 0 Å². The topological polar surface area (TPSA) is 81.4 Å². The molecular weight excluding hydrogens is 172 g/mol. The maximum atomic E-state index is 11.0. The van der Waals surface area contributed by atoms with Crippen LogP contribution in [0.4, 0.5) is 4.79 Å². The lowest BCUT2D eigenvalue weighted by molar-refractivity contribution is -0.125. The molecule has 0 heterocycles. The first-order valence-electron chi connectivity index (χ1n) is 4.00. The molecule has 5 heteroatoms. The number of alkyl carbamates (subject to hydrolysis) is 1. The summed E-state index contributed by atoms with van der Waals surface area (Å²) in [5, 5.41) is 2.54. The Bertz CT molecular complexity index is 208. The third-order valence-corrected chi connectivity index (χ3v) is 1.16. The summed E-state index contributed by atoms with van der Waals surface area (Å²) < 4.78 is 4.66. The molecule has 0 aromatic heterocycles. The Kier molecular flexibility index (Phi) is 3.71. The molecule has 0 rings (SSSR count). The minimum Gasteiger partial charge on any atom is -0.436 e. The third-order valence-electron chi connectivity index (χ3n) is 1.16. The van der Waals surface area contributed by atoms with Crippen LogP contribution in [0.1, 0.15) is 27.7 Å². The number of carbonyl (C=O) groups excluding carboxylic acids is 2. The van der Waals surface area contributed by atoms with Gasteiger partial charge in [0.15, 0.2) is 6.10 Å². The van der Waals surface area contributed by atoms with Crippen LogP contribution in [0.2, 0.25) is 0 Å². The second-order valence-corrected chi connectivity index (χ2v) is 3.82. The van der Waals surface area contributed by atoms with Gasteiger partial charge in [-0.2, -0.15) is 0 Å². The number of ether oxygens (including phenoxy) is 1. The van der Waals surface area contributed by atoms with Gasteiger partial charge in [0.05, 0.1) is 0 Å². The molecule has 0 aliphatic heterocycles. The van der Waals surface area contributed by atoms with Crippen LogP contribution >= 0.6 is 0 Å². The Morgan fingerprint density at radius 3 is 2.15 bits per heavy atom. The zero-order valence-electron chi connectivity index (χ0n) is 8.38. The van der Waals surface area contributed by atoms with E-state index in [1.54, 1.807) is 0 Å². The molecule has 0 bridgehead atoms. The first-order chi connectivity index (χ1) is 5.72. The molecule has 76 valence electrons. The van der Waals surface area contributed by atoms with Crippen molar-refractivity contribution in [2.75, 3.05) is 0 Å². The highest BCUT2D eigenvalue weighted by Gasteiger charge is 2.18. The molecule has 0 aromatic rings. The predicted molar refractivity (Wildman–Crippen MR) is 48.0 cm³/mol. The molecule has 0 fully saturated rings.